The maximum absolute atomic E-state index is 6.01. The van der Waals surface area contributed by atoms with Crippen molar-refractivity contribution in [1.82, 2.24) is 15.2 Å². The minimum Gasteiger partial charge on any atom is -0.454 e. The topological polar surface area (TPSA) is 70.3 Å². The zero-order valence-electron chi connectivity index (χ0n) is 11.8. The Bertz CT molecular complexity index is 892. The molecule has 0 aliphatic carbocycles. The molecular weight excluding hydrogens is 318 g/mol. The molecular formula is C16H10ClN3O3. The van der Waals surface area contributed by atoms with Gasteiger partial charge in [-0.2, -0.15) is 0 Å². The van der Waals surface area contributed by atoms with Gasteiger partial charge < -0.3 is 13.9 Å². The molecule has 0 amide bonds. The molecule has 1 aliphatic heterocycles. The number of hydrogen-bond acceptors (Lipinski definition) is 6. The summed E-state index contributed by atoms with van der Waals surface area (Å²) in [6.07, 6.45) is 5.17. The van der Waals surface area contributed by atoms with Gasteiger partial charge in [0.25, 0.3) is 5.89 Å². The van der Waals surface area contributed by atoms with E-state index in [1.807, 2.05) is 24.3 Å². The van der Waals surface area contributed by atoms with Gasteiger partial charge in [-0.1, -0.05) is 17.7 Å². The maximum Gasteiger partial charge on any atom is 0.251 e. The highest BCUT2D eigenvalue weighted by atomic mass is 35.5. The summed E-state index contributed by atoms with van der Waals surface area (Å²) in [5.41, 5.74) is 1.54. The van der Waals surface area contributed by atoms with E-state index < -0.39 is 0 Å². The lowest BCUT2D eigenvalue weighted by atomic mass is 10.2. The molecule has 0 atom stereocenters. The van der Waals surface area contributed by atoms with Gasteiger partial charge in [0.15, 0.2) is 11.5 Å². The monoisotopic (exact) mass is 327 g/mol. The van der Waals surface area contributed by atoms with Gasteiger partial charge in [-0.15, -0.1) is 10.2 Å². The number of benzene rings is 1. The zero-order chi connectivity index (χ0) is 15.6. The Balaban J connectivity index is 1.57. The number of aromatic nitrogens is 3. The number of ether oxygens (including phenoxy) is 2. The number of halogens is 1. The van der Waals surface area contributed by atoms with Crippen molar-refractivity contribution < 1.29 is 13.9 Å². The summed E-state index contributed by atoms with van der Waals surface area (Å²) >= 11 is 6.01. The van der Waals surface area contributed by atoms with Gasteiger partial charge in [-0.25, -0.2) is 4.98 Å². The Morgan fingerprint density at radius 2 is 1.96 bits per heavy atom. The molecule has 1 aliphatic rings. The average Bonchev–Trinajstić information content (AvgIpc) is 3.22. The van der Waals surface area contributed by atoms with E-state index in [4.69, 9.17) is 25.5 Å². The molecule has 114 valence electrons. The third-order valence-electron chi connectivity index (χ3n) is 3.25. The van der Waals surface area contributed by atoms with E-state index in [2.05, 4.69) is 15.2 Å². The Hall–Kier alpha value is -2.86. The second-order valence-corrected chi connectivity index (χ2v) is 5.09. The predicted octanol–water partition coefficient (Wildman–Crippen LogP) is 3.68. The first-order valence-corrected chi connectivity index (χ1v) is 7.19. The molecule has 3 aromatic rings. The molecule has 3 heterocycles. The van der Waals surface area contributed by atoms with Crippen molar-refractivity contribution >= 4 is 23.8 Å². The van der Waals surface area contributed by atoms with Crippen molar-refractivity contribution in [3.63, 3.8) is 0 Å². The second kappa shape index (κ2) is 5.73. The summed E-state index contributed by atoms with van der Waals surface area (Å²) in [4.78, 5) is 3.99. The molecule has 0 radical (unpaired) electrons. The standard InChI is InChI=1S/C16H10ClN3O3/c17-15-11(2-1-7-18-15)16-20-19-14(23-16)6-4-10-3-5-12-13(8-10)22-9-21-12/h1-8H,9H2/b6-4+. The molecule has 7 heteroatoms. The molecule has 2 aromatic heterocycles. The van der Waals surface area contributed by atoms with Crippen LogP contribution in [0.1, 0.15) is 11.5 Å². The van der Waals surface area contributed by atoms with E-state index in [0.29, 0.717) is 22.5 Å². The van der Waals surface area contributed by atoms with E-state index in [9.17, 15) is 0 Å². The van der Waals surface area contributed by atoms with E-state index in [1.54, 1.807) is 24.4 Å². The van der Waals surface area contributed by atoms with Crippen LogP contribution in [0.15, 0.2) is 40.9 Å². The number of nitrogens with zero attached hydrogens (tertiary/aromatic N) is 3. The summed E-state index contributed by atoms with van der Waals surface area (Å²) in [5.74, 6) is 2.17. The van der Waals surface area contributed by atoms with Crippen LogP contribution in [0.4, 0.5) is 0 Å². The summed E-state index contributed by atoms with van der Waals surface area (Å²) in [6, 6.07) is 9.19. The van der Waals surface area contributed by atoms with E-state index >= 15 is 0 Å². The van der Waals surface area contributed by atoms with Crippen molar-refractivity contribution in [2.75, 3.05) is 6.79 Å². The molecule has 0 spiro atoms. The van der Waals surface area contributed by atoms with Gasteiger partial charge >= 0.3 is 0 Å². The maximum atomic E-state index is 6.01. The summed E-state index contributed by atoms with van der Waals surface area (Å²) in [7, 11) is 0. The van der Waals surface area contributed by atoms with Gasteiger partial charge in [0.2, 0.25) is 12.7 Å². The Morgan fingerprint density at radius 3 is 2.87 bits per heavy atom. The molecule has 23 heavy (non-hydrogen) atoms. The normalized spacial score (nSPS) is 12.9. The number of pyridine rings is 1. The van der Waals surface area contributed by atoms with E-state index in [0.717, 1.165) is 17.1 Å². The molecule has 0 saturated carbocycles. The second-order valence-electron chi connectivity index (χ2n) is 4.73. The minimum atomic E-state index is 0.251. The fourth-order valence-electron chi connectivity index (χ4n) is 2.14. The fourth-order valence-corrected chi connectivity index (χ4v) is 2.34. The lowest BCUT2D eigenvalue weighted by Crippen LogP contribution is -1.92. The first-order valence-electron chi connectivity index (χ1n) is 6.82. The van der Waals surface area contributed by atoms with Gasteiger partial charge in [0.05, 0.1) is 5.56 Å². The van der Waals surface area contributed by atoms with Crippen molar-refractivity contribution in [2.45, 2.75) is 0 Å². The van der Waals surface area contributed by atoms with Crippen LogP contribution in [0.2, 0.25) is 5.15 Å². The number of rotatable bonds is 3. The van der Waals surface area contributed by atoms with Gasteiger partial charge in [0, 0.05) is 12.3 Å². The van der Waals surface area contributed by atoms with Crippen molar-refractivity contribution in [1.29, 1.82) is 0 Å². The Kier molecular flexibility index (Phi) is 3.44. The molecule has 4 rings (SSSR count). The first kappa shape index (κ1) is 13.8. The number of hydrogen-bond donors (Lipinski definition) is 0. The van der Waals surface area contributed by atoms with Crippen LogP contribution in [-0.4, -0.2) is 22.0 Å². The molecule has 0 fully saturated rings. The highest BCUT2D eigenvalue weighted by Crippen LogP contribution is 2.33. The lowest BCUT2D eigenvalue weighted by Gasteiger charge is -1.97. The molecule has 0 bridgehead atoms. The van der Waals surface area contributed by atoms with E-state index in [-0.39, 0.29) is 6.79 Å². The van der Waals surface area contributed by atoms with Crippen LogP contribution >= 0.6 is 11.6 Å². The molecule has 1 aromatic carbocycles. The fraction of sp³-hybridized carbons (Fsp3) is 0.0625. The van der Waals surface area contributed by atoms with Gasteiger partial charge in [-0.3, -0.25) is 0 Å². The van der Waals surface area contributed by atoms with Crippen molar-refractivity contribution in [3.05, 3.63) is 53.1 Å². The smallest absolute Gasteiger partial charge is 0.251 e. The molecule has 0 unspecified atom stereocenters. The van der Waals surface area contributed by atoms with Crippen LogP contribution < -0.4 is 9.47 Å². The quantitative estimate of drug-likeness (QED) is 0.683. The Morgan fingerprint density at radius 1 is 1.04 bits per heavy atom. The van der Waals surface area contributed by atoms with Crippen LogP contribution in [0.25, 0.3) is 23.6 Å². The van der Waals surface area contributed by atoms with Gasteiger partial charge in [-0.05, 0) is 35.9 Å². The van der Waals surface area contributed by atoms with Gasteiger partial charge in [0.1, 0.15) is 5.15 Å². The largest absolute Gasteiger partial charge is 0.454 e. The van der Waals surface area contributed by atoms with Crippen LogP contribution in [0.3, 0.4) is 0 Å². The average molecular weight is 328 g/mol. The number of fused-ring (bicyclic) bond motifs is 1. The zero-order valence-corrected chi connectivity index (χ0v) is 12.5. The predicted molar refractivity (Wildman–Crippen MR) is 84.0 cm³/mol. The van der Waals surface area contributed by atoms with Crippen molar-refractivity contribution in [2.24, 2.45) is 0 Å². The highest BCUT2D eigenvalue weighted by molar-refractivity contribution is 6.31. The molecule has 6 nitrogen and oxygen atoms in total. The molecule has 0 N–H and O–H groups in total. The summed E-state index contributed by atoms with van der Waals surface area (Å²) in [5, 5.41) is 8.28. The van der Waals surface area contributed by atoms with E-state index in [1.165, 1.54) is 0 Å². The first-order chi connectivity index (χ1) is 11.3. The summed E-state index contributed by atoms with van der Waals surface area (Å²) < 4.78 is 16.2. The van der Waals surface area contributed by atoms with Crippen LogP contribution in [0, 0.1) is 0 Å². The van der Waals surface area contributed by atoms with Crippen LogP contribution in [0.5, 0.6) is 11.5 Å². The molecule has 0 saturated heterocycles. The third-order valence-corrected chi connectivity index (χ3v) is 3.55. The highest BCUT2D eigenvalue weighted by Gasteiger charge is 2.13. The van der Waals surface area contributed by atoms with Crippen LogP contribution in [-0.2, 0) is 0 Å². The van der Waals surface area contributed by atoms with Crippen molar-refractivity contribution in [3.8, 4) is 23.0 Å². The third kappa shape index (κ3) is 2.76. The minimum absolute atomic E-state index is 0.251. The summed E-state index contributed by atoms with van der Waals surface area (Å²) in [6.45, 7) is 0.251. The lowest BCUT2D eigenvalue weighted by molar-refractivity contribution is 0.174. The Labute approximate surface area is 136 Å². The SMILES string of the molecule is Clc1ncccc1-c1nnc(/C=C/c2ccc3c(c2)OCO3)o1.